The van der Waals surface area contributed by atoms with E-state index in [-0.39, 0.29) is 6.42 Å². The van der Waals surface area contributed by atoms with Gasteiger partial charge in [-0.1, -0.05) is 19.8 Å². The smallest absolute Gasteiger partial charge is 0.376 e. The van der Waals surface area contributed by atoms with Crippen molar-refractivity contribution in [1.82, 2.24) is 4.90 Å². The monoisotopic (exact) mass is 225 g/mol. The van der Waals surface area contributed by atoms with E-state index in [1.807, 2.05) is 0 Å². The molecule has 2 aliphatic rings. The molecule has 0 aromatic carbocycles. The van der Waals surface area contributed by atoms with Gasteiger partial charge in [0.2, 0.25) is 0 Å². The molecular formula is C12H19NO3. The molecule has 0 aromatic rings. The molecule has 0 radical (unpaired) electrons. The standard InChI is InChI=1S/C12H19NO3/c1-2-11(14)16-12(15)13-7-9-5-3-4-6-10(9)8-13/h9-10H,2-8H2,1H3/t9-,10+. The highest BCUT2D eigenvalue weighted by Crippen LogP contribution is 2.36. The fourth-order valence-electron chi connectivity index (χ4n) is 2.79. The molecule has 2 rings (SSSR count). The third-order valence-corrected chi connectivity index (χ3v) is 3.72. The van der Waals surface area contributed by atoms with Crippen molar-refractivity contribution in [3.8, 4) is 0 Å². The van der Waals surface area contributed by atoms with Crippen LogP contribution in [0.15, 0.2) is 0 Å². The Morgan fingerprint density at radius 1 is 1.19 bits per heavy atom. The van der Waals surface area contributed by atoms with E-state index in [1.54, 1.807) is 11.8 Å². The van der Waals surface area contributed by atoms with Gasteiger partial charge in [0.25, 0.3) is 0 Å². The van der Waals surface area contributed by atoms with Gasteiger partial charge in [0, 0.05) is 19.5 Å². The average Bonchev–Trinajstić information content (AvgIpc) is 2.72. The van der Waals surface area contributed by atoms with E-state index in [0.717, 1.165) is 13.1 Å². The number of esters is 1. The van der Waals surface area contributed by atoms with Gasteiger partial charge in [-0.25, -0.2) is 4.79 Å². The SMILES string of the molecule is CCC(=O)OC(=O)N1C[C@H]2CCCC[C@H]2C1. The summed E-state index contributed by atoms with van der Waals surface area (Å²) < 4.78 is 4.74. The van der Waals surface area contributed by atoms with Gasteiger partial charge in [0.1, 0.15) is 0 Å². The van der Waals surface area contributed by atoms with E-state index in [9.17, 15) is 9.59 Å². The van der Waals surface area contributed by atoms with Crippen LogP contribution in [0.25, 0.3) is 0 Å². The van der Waals surface area contributed by atoms with Crippen molar-refractivity contribution in [2.45, 2.75) is 39.0 Å². The van der Waals surface area contributed by atoms with Gasteiger partial charge in [0.15, 0.2) is 0 Å². The minimum Gasteiger partial charge on any atom is -0.376 e. The minimum atomic E-state index is -0.443. The molecule has 1 saturated heterocycles. The molecule has 1 saturated carbocycles. The predicted octanol–water partition coefficient (Wildman–Crippen LogP) is 2.18. The van der Waals surface area contributed by atoms with E-state index in [0.29, 0.717) is 11.8 Å². The molecule has 0 aromatic heterocycles. The number of rotatable bonds is 1. The summed E-state index contributed by atoms with van der Waals surface area (Å²) in [5.41, 5.74) is 0. The Morgan fingerprint density at radius 3 is 2.25 bits per heavy atom. The zero-order chi connectivity index (χ0) is 11.5. The van der Waals surface area contributed by atoms with Crippen molar-refractivity contribution in [2.75, 3.05) is 13.1 Å². The second-order valence-corrected chi connectivity index (χ2v) is 4.80. The lowest BCUT2D eigenvalue weighted by atomic mass is 9.82. The van der Waals surface area contributed by atoms with Crippen LogP contribution in [-0.4, -0.2) is 30.1 Å². The highest BCUT2D eigenvalue weighted by molar-refractivity contribution is 5.84. The van der Waals surface area contributed by atoms with E-state index >= 15 is 0 Å². The minimum absolute atomic E-state index is 0.256. The van der Waals surface area contributed by atoms with Gasteiger partial charge in [-0.2, -0.15) is 0 Å². The molecule has 0 N–H and O–H groups in total. The number of fused-ring (bicyclic) bond motifs is 1. The summed E-state index contributed by atoms with van der Waals surface area (Å²) >= 11 is 0. The fraction of sp³-hybridized carbons (Fsp3) is 0.833. The first-order valence-electron chi connectivity index (χ1n) is 6.20. The van der Waals surface area contributed by atoms with E-state index in [4.69, 9.17) is 4.74 Å². The van der Waals surface area contributed by atoms with Crippen molar-refractivity contribution >= 4 is 12.1 Å². The van der Waals surface area contributed by atoms with Crippen LogP contribution >= 0.6 is 0 Å². The van der Waals surface area contributed by atoms with Crippen LogP contribution in [-0.2, 0) is 9.53 Å². The number of hydrogen-bond acceptors (Lipinski definition) is 3. The van der Waals surface area contributed by atoms with Crippen molar-refractivity contribution in [3.05, 3.63) is 0 Å². The third-order valence-electron chi connectivity index (χ3n) is 3.72. The Labute approximate surface area is 95.9 Å². The number of amides is 1. The van der Waals surface area contributed by atoms with Crippen LogP contribution in [0.4, 0.5) is 4.79 Å². The lowest BCUT2D eigenvalue weighted by Gasteiger charge is -2.22. The first kappa shape index (κ1) is 11.4. The second-order valence-electron chi connectivity index (χ2n) is 4.80. The molecule has 1 heterocycles. The number of likely N-dealkylation sites (tertiary alicyclic amines) is 1. The van der Waals surface area contributed by atoms with Gasteiger partial charge in [-0.15, -0.1) is 0 Å². The van der Waals surface area contributed by atoms with Crippen molar-refractivity contribution in [3.63, 3.8) is 0 Å². The summed E-state index contributed by atoms with van der Waals surface area (Å²) in [4.78, 5) is 24.4. The summed E-state index contributed by atoms with van der Waals surface area (Å²) in [6.07, 6.45) is 4.80. The van der Waals surface area contributed by atoms with Crippen LogP contribution < -0.4 is 0 Å². The number of carbonyl (C=O) groups excluding carboxylic acids is 2. The largest absolute Gasteiger partial charge is 0.417 e. The summed E-state index contributed by atoms with van der Waals surface area (Å²) in [7, 11) is 0. The number of nitrogens with zero attached hydrogens (tertiary/aromatic N) is 1. The second kappa shape index (κ2) is 4.85. The molecule has 4 nitrogen and oxygen atoms in total. The molecule has 0 bridgehead atoms. The quantitative estimate of drug-likeness (QED) is 0.507. The molecule has 0 unspecified atom stereocenters. The molecule has 0 spiro atoms. The normalized spacial score (nSPS) is 28.7. The number of carbonyl (C=O) groups is 2. The van der Waals surface area contributed by atoms with Crippen LogP contribution in [0.2, 0.25) is 0 Å². The fourth-order valence-corrected chi connectivity index (χ4v) is 2.79. The van der Waals surface area contributed by atoms with Crippen molar-refractivity contribution in [2.24, 2.45) is 11.8 Å². The summed E-state index contributed by atoms with van der Waals surface area (Å²) in [5, 5.41) is 0. The molecule has 2 fully saturated rings. The van der Waals surface area contributed by atoms with Crippen LogP contribution in [0, 0.1) is 11.8 Å². The highest BCUT2D eigenvalue weighted by Gasteiger charge is 2.37. The first-order chi connectivity index (χ1) is 7.70. The van der Waals surface area contributed by atoms with Crippen LogP contribution in [0.3, 0.4) is 0 Å². The molecular weight excluding hydrogens is 206 g/mol. The van der Waals surface area contributed by atoms with E-state index < -0.39 is 12.1 Å². The Kier molecular flexibility index (Phi) is 3.46. The summed E-state index contributed by atoms with van der Waals surface area (Å²) in [5.74, 6) is 0.843. The maximum atomic E-state index is 11.6. The van der Waals surface area contributed by atoms with Gasteiger partial charge in [-0.05, 0) is 24.7 Å². The Hall–Kier alpha value is -1.06. The molecule has 1 amide bonds. The molecule has 1 aliphatic heterocycles. The predicted molar refractivity (Wildman–Crippen MR) is 58.8 cm³/mol. The van der Waals surface area contributed by atoms with Crippen LogP contribution in [0.1, 0.15) is 39.0 Å². The van der Waals surface area contributed by atoms with E-state index in [1.165, 1.54) is 25.7 Å². The Bertz CT molecular complexity index is 276. The maximum Gasteiger partial charge on any atom is 0.417 e. The van der Waals surface area contributed by atoms with Crippen LogP contribution in [0.5, 0.6) is 0 Å². The van der Waals surface area contributed by atoms with Crippen molar-refractivity contribution in [1.29, 1.82) is 0 Å². The topological polar surface area (TPSA) is 46.6 Å². The third kappa shape index (κ3) is 2.36. The summed E-state index contributed by atoms with van der Waals surface area (Å²) in [6, 6.07) is 0. The van der Waals surface area contributed by atoms with Crippen molar-refractivity contribution < 1.29 is 14.3 Å². The zero-order valence-electron chi connectivity index (χ0n) is 9.78. The molecule has 2 atom stereocenters. The van der Waals surface area contributed by atoms with E-state index in [2.05, 4.69) is 0 Å². The lowest BCUT2D eigenvalue weighted by Crippen LogP contribution is -2.31. The number of hydrogen-bond donors (Lipinski definition) is 0. The van der Waals surface area contributed by atoms with Gasteiger partial charge in [0.05, 0.1) is 0 Å². The molecule has 90 valence electrons. The Morgan fingerprint density at radius 2 is 1.75 bits per heavy atom. The zero-order valence-corrected chi connectivity index (χ0v) is 9.78. The first-order valence-corrected chi connectivity index (χ1v) is 6.20. The molecule has 4 heteroatoms. The van der Waals surface area contributed by atoms with Gasteiger partial charge < -0.3 is 9.64 Å². The average molecular weight is 225 g/mol. The highest BCUT2D eigenvalue weighted by atomic mass is 16.6. The number of ether oxygens (including phenoxy) is 1. The summed E-state index contributed by atoms with van der Waals surface area (Å²) in [6.45, 7) is 3.25. The molecule has 16 heavy (non-hydrogen) atoms. The molecule has 1 aliphatic carbocycles. The lowest BCUT2D eigenvalue weighted by molar-refractivity contribution is -0.137. The van der Waals surface area contributed by atoms with Gasteiger partial charge >= 0.3 is 12.1 Å². The van der Waals surface area contributed by atoms with Gasteiger partial charge in [-0.3, -0.25) is 4.79 Å². The Balaban J connectivity index is 1.87. The maximum absolute atomic E-state index is 11.6.